The van der Waals surface area contributed by atoms with E-state index in [-0.39, 0.29) is 17.0 Å². The average Bonchev–Trinajstić information content (AvgIpc) is 3.04. The highest BCUT2D eigenvalue weighted by Crippen LogP contribution is 2.42. The molecule has 0 radical (unpaired) electrons. The number of fused-ring (bicyclic) bond motifs is 1. The van der Waals surface area contributed by atoms with E-state index in [1.54, 1.807) is 19.4 Å². The van der Waals surface area contributed by atoms with E-state index in [2.05, 4.69) is 54.4 Å². The number of ether oxygens (including phenoxy) is 1. The Morgan fingerprint density at radius 2 is 1.76 bits per heavy atom. The topological polar surface area (TPSA) is 102 Å². The summed E-state index contributed by atoms with van der Waals surface area (Å²) in [4.78, 5) is 29.9. The van der Waals surface area contributed by atoms with Crippen molar-refractivity contribution in [3.8, 4) is 28.3 Å². The molecule has 2 aromatic carbocycles. The summed E-state index contributed by atoms with van der Waals surface area (Å²) in [5.41, 5.74) is 7.41. The number of hydrogen-bond acceptors (Lipinski definition) is 8. The van der Waals surface area contributed by atoms with Crippen LogP contribution in [0.1, 0.15) is 53.8 Å². The third-order valence-electron chi connectivity index (χ3n) is 9.89. The maximum Gasteiger partial charge on any atom is 0.274 e. The summed E-state index contributed by atoms with van der Waals surface area (Å²) < 4.78 is 12.3. The Morgan fingerprint density at radius 1 is 1.06 bits per heavy atom. The van der Waals surface area contributed by atoms with E-state index in [0.717, 1.165) is 55.1 Å². The predicted molar refractivity (Wildman–Crippen MR) is 199 cm³/mol. The molecule has 0 atom stereocenters. The summed E-state index contributed by atoms with van der Waals surface area (Å²) in [5.74, 6) is 0.139. The zero-order valence-electron chi connectivity index (χ0n) is 29.2. The molecule has 4 heterocycles. The number of nitrogens with one attached hydrogen (secondary N) is 2. The molecule has 2 aliphatic rings. The number of pyridine rings is 1. The third-order valence-corrected chi connectivity index (χ3v) is 15.2. The van der Waals surface area contributed by atoms with Crippen molar-refractivity contribution in [2.45, 2.75) is 71.4 Å². The van der Waals surface area contributed by atoms with E-state index in [9.17, 15) is 4.79 Å². The van der Waals surface area contributed by atoms with Crippen molar-refractivity contribution in [3.63, 3.8) is 0 Å². The molecule has 2 aliphatic heterocycles. The van der Waals surface area contributed by atoms with Crippen molar-refractivity contribution in [2.24, 2.45) is 0 Å². The highest BCUT2D eigenvalue weighted by molar-refractivity contribution is 6.74. The highest BCUT2D eigenvalue weighted by atomic mass is 35.5. The maximum atomic E-state index is 13.3. The lowest BCUT2D eigenvalue weighted by Gasteiger charge is -2.46. The SMILES string of the molecule is COc1nc(-c2cccc(-c3cccc(NC(=O)c4cc(C)c5c(n4)CCNC5)c3Cl)c2Cl)cnc1CN1CC(O[Si](C)(C)C(C)(C)C)C1. The van der Waals surface area contributed by atoms with Gasteiger partial charge in [-0.1, -0.05) is 74.3 Å². The Labute approximate surface area is 299 Å². The number of aromatic nitrogens is 3. The standard InChI is InChI=1S/C37H44Cl2N6O3Si/c1-22-16-30(42-28-14-15-40-17-27(22)28)35(46)43-29-13-9-11-25(34(29)39)24-10-8-12-26(33(24)38)31-18-41-32(36(44-31)47-5)21-45-19-23(20-45)48-49(6,7)37(2,3)4/h8-13,16,18,23,40H,14-15,17,19-21H2,1-7H3,(H,43,46). The van der Waals surface area contributed by atoms with Crippen LogP contribution < -0.4 is 15.4 Å². The number of methoxy groups -OCH3 is 1. The van der Waals surface area contributed by atoms with Crippen LogP contribution in [0.4, 0.5) is 5.69 Å². The van der Waals surface area contributed by atoms with Crippen LogP contribution in [0.15, 0.2) is 48.7 Å². The largest absolute Gasteiger partial charge is 0.480 e. The number of hydrogen-bond donors (Lipinski definition) is 2. The van der Waals surface area contributed by atoms with Crippen molar-refractivity contribution in [1.82, 2.24) is 25.2 Å². The molecular formula is C37H44Cl2N6O3Si. The number of carbonyl (C=O) groups is 1. The normalized spacial score (nSPS) is 15.4. The van der Waals surface area contributed by atoms with Gasteiger partial charge in [0.05, 0.1) is 40.8 Å². The van der Waals surface area contributed by atoms with Gasteiger partial charge in [-0.2, -0.15) is 0 Å². The molecule has 12 heteroatoms. The molecule has 0 bridgehead atoms. The number of rotatable bonds is 9. The number of benzene rings is 2. The van der Waals surface area contributed by atoms with E-state index in [0.29, 0.717) is 56.2 Å². The Morgan fingerprint density at radius 3 is 2.47 bits per heavy atom. The number of anilines is 1. The first-order chi connectivity index (χ1) is 23.3. The second-order valence-corrected chi connectivity index (χ2v) is 19.9. The fourth-order valence-corrected chi connectivity index (χ4v) is 7.98. The lowest BCUT2D eigenvalue weighted by molar-refractivity contribution is 0.00441. The van der Waals surface area contributed by atoms with Gasteiger partial charge in [0.15, 0.2) is 8.32 Å². The van der Waals surface area contributed by atoms with Gasteiger partial charge in [-0.05, 0) is 48.3 Å². The summed E-state index contributed by atoms with van der Waals surface area (Å²) in [6.45, 7) is 17.3. The van der Waals surface area contributed by atoms with E-state index < -0.39 is 8.32 Å². The van der Waals surface area contributed by atoms with Crippen LogP contribution in [0, 0.1) is 6.92 Å². The van der Waals surface area contributed by atoms with E-state index in [1.165, 1.54) is 0 Å². The first-order valence-electron chi connectivity index (χ1n) is 16.6. The molecule has 1 saturated heterocycles. The monoisotopic (exact) mass is 718 g/mol. The zero-order chi connectivity index (χ0) is 35.1. The van der Waals surface area contributed by atoms with E-state index in [4.69, 9.17) is 42.3 Å². The number of halogens is 2. The third kappa shape index (κ3) is 7.40. The molecule has 0 unspecified atom stereocenters. The number of likely N-dealkylation sites (tertiary alicyclic amines) is 1. The Hall–Kier alpha value is -3.38. The van der Waals surface area contributed by atoms with Gasteiger partial charge >= 0.3 is 0 Å². The summed E-state index contributed by atoms with van der Waals surface area (Å²) >= 11 is 14.0. The fourth-order valence-electron chi connectivity index (χ4n) is 6.04. The zero-order valence-corrected chi connectivity index (χ0v) is 31.7. The first-order valence-corrected chi connectivity index (χ1v) is 20.3. The maximum absolute atomic E-state index is 13.3. The summed E-state index contributed by atoms with van der Waals surface area (Å²) in [6, 6.07) is 13.0. The molecule has 0 aliphatic carbocycles. The molecule has 49 heavy (non-hydrogen) atoms. The second kappa shape index (κ2) is 14.1. The number of amides is 1. The van der Waals surface area contributed by atoms with Crippen LogP contribution in [-0.4, -0.2) is 66.9 Å². The van der Waals surface area contributed by atoms with Crippen LogP contribution in [0.25, 0.3) is 22.4 Å². The van der Waals surface area contributed by atoms with Crippen LogP contribution >= 0.6 is 23.2 Å². The van der Waals surface area contributed by atoms with Crippen LogP contribution in [0.2, 0.25) is 28.2 Å². The van der Waals surface area contributed by atoms with Gasteiger partial charge in [0.1, 0.15) is 11.4 Å². The first kappa shape index (κ1) is 35.4. The quantitative estimate of drug-likeness (QED) is 0.168. The van der Waals surface area contributed by atoms with Crippen LogP contribution in [0.5, 0.6) is 5.88 Å². The Balaban J connectivity index is 1.19. The molecule has 6 rings (SSSR count). The lowest BCUT2D eigenvalue weighted by Crippen LogP contribution is -2.57. The fraction of sp³-hybridized carbons (Fsp3) is 0.405. The molecule has 2 N–H and O–H groups in total. The van der Waals surface area contributed by atoms with Crippen molar-refractivity contribution in [3.05, 3.63) is 86.9 Å². The number of aryl methyl sites for hydroxylation is 1. The molecule has 2 aromatic heterocycles. The van der Waals surface area contributed by atoms with Gasteiger partial charge in [-0.15, -0.1) is 0 Å². The van der Waals surface area contributed by atoms with Crippen molar-refractivity contribution < 1.29 is 14.0 Å². The van der Waals surface area contributed by atoms with Gasteiger partial charge in [0.2, 0.25) is 5.88 Å². The minimum Gasteiger partial charge on any atom is -0.480 e. The number of nitrogens with zero attached hydrogens (tertiary/aromatic N) is 4. The van der Waals surface area contributed by atoms with Crippen molar-refractivity contribution >= 4 is 43.1 Å². The predicted octanol–water partition coefficient (Wildman–Crippen LogP) is 7.93. The van der Waals surface area contributed by atoms with Crippen LogP contribution in [-0.2, 0) is 23.9 Å². The molecule has 0 spiro atoms. The second-order valence-electron chi connectivity index (χ2n) is 14.4. The smallest absolute Gasteiger partial charge is 0.274 e. The molecule has 1 fully saturated rings. The molecular weight excluding hydrogens is 675 g/mol. The Bertz CT molecular complexity index is 1890. The molecule has 1 amide bonds. The molecule has 258 valence electrons. The highest BCUT2D eigenvalue weighted by Gasteiger charge is 2.42. The van der Waals surface area contributed by atoms with Gasteiger partial charge < -0.3 is 19.8 Å². The average molecular weight is 720 g/mol. The minimum absolute atomic E-state index is 0.178. The molecule has 9 nitrogen and oxygen atoms in total. The summed E-state index contributed by atoms with van der Waals surface area (Å²) in [6.07, 6.45) is 2.75. The van der Waals surface area contributed by atoms with Gasteiger partial charge in [-0.25, -0.2) is 9.97 Å². The van der Waals surface area contributed by atoms with Crippen molar-refractivity contribution in [2.75, 3.05) is 32.1 Å². The minimum atomic E-state index is -1.81. The van der Waals surface area contributed by atoms with Gasteiger partial charge in [0.25, 0.3) is 5.91 Å². The van der Waals surface area contributed by atoms with Gasteiger partial charge in [-0.3, -0.25) is 14.7 Å². The van der Waals surface area contributed by atoms with Crippen molar-refractivity contribution in [1.29, 1.82) is 0 Å². The van der Waals surface area contributed by atoms with Gasteiger partial charge in [0, 0.05) is 61.5 Å². The molecule has 4 aromatic rings. The van der Waals surface area contributed by atoms with E-state index in [1.807, 2.05) is 43.3 Å². The number of carbonyl (C=O) groups excluding carboxylic acids is 1. The van der Waals surface area contributed by atoms with Crippen LogP contribution in [0.3, 0.4) is 0 Å². The molecule has 0 saturated carbocycles. The summed E-state index contributed by atoms with van der Waals surface area (Å²) in [5, 5.41) is 7.34. The summed E-state index contributed by atoms with van der Waals surface area (Å²) in [7, 11) is -0.211. The Kier molecular flexibility index (Phi) is 10.2. The van der Waals surface area contributed by atoms with E-state index >= 15 is 0 Å². The lowest BCUT2D eigenvalue weighted by atomic mass is 10.0.